The number of nitrogens with zero attached hydrogens (tertiary/aromatic N) is 3. The molecule has 0 amide bonds. The Balaban J connectivity index is 2.11. The van der Waals surface area contributed by atoms with Gasteiger partial charge < -0.3 is 4.57 Å². The second-order valence-corrected chi connectivity index (χ2v) is 10.8. The molecule has 2 aromatic carbocycles. The summed E-state index contributed by atoms with van der Waals surface area (Å²) in [7, 11) is 0. The standard InChI is InChI=1S/C31H38ClN3/c1-8-27(31(5,6)7)28(9-2)34-20-21(3)30-22(4)35(25-15-13-24(32)14-16-25)29-19-23(11-10-18-33)12-17-26(29)30/h12-17,19,27H,3,8-11,20H2,1-2,4-7H3. The first-order valence-electron chi connectivity index (χ1n) is 12.6. The number of aromatic nitrogens is 1. The SMILES string of the molecule is C=C(CN=C(CC)C(CC)C(C)(C)C)c1c(C)n(-c2ccc(Cl)cc2)c2cc(CCC#N)ccc12. The number of nitriles is 1. The van der Waals surface area contributed by atoms with Crippen LogP contribution in [0.1, 0.15) is 70.7 Å². The maximum absolute atomic E-state index is 9.06. The lowest BCUT2D eigenvalue weighted by atomic mass is 9.75. The Bertz CT molecular complexity index is 1260. The summed E-state index contributed by atoms with van der Waals surface area (Å²) in [5.74, 6) is 0.458. The van der Waals surface area contributed by atoms with E-state index in [2.05, 4.69) is 77.0 Å². The zero-order valence-corrected chi connectivity index (χ0v) is 22.8. The first kappa shape index (κ1) is 26.8. The van der Waals surface area contributed by atoms with Crippen LogP contribution in [0.4, 0.5) is 0 Å². The molecule has 0 bridgehead atoms. The molecule has 0 N–H and O–H groups in total. The normalized spacial score (nSPS) is 13.1. The monoisotopic (exact) mass is 487 g/mol. The summed E-state index contributed by atoms with van der Waals surface area (Å²) in [4.78, 5) is 5.11. The lowest BCUT2D eigenvalue weighted by molar-refractivity contribution is 0.302. The maximum Gasteiger partial charge on any atom is 0.0640 e. The molecule has 3 aromatic rings. The molecule has 35 heavy (non-hydrogen) atoms. The highest BCUT2D eigenvalue weighted by Gasteiger charge is 2.27. The van der Waals surface area contributed by atoms with Crippen molar-refractivity contribution in [2.75, 3.05) is 6.54 Å². The van der Waals surface area contributed by atoms with E-state index in [9.17, 15) is 0 Å². The number of hydrogen-bond donors (Lipinski definition) is 0. The zero-order valence-electron chi connectivity index (χ0n) is 22.1. The Labute approximate surface area is 216 Å². The minimum atomic E-state index is 0.186. The van der Waals surface area contributed by atoms with Crippen molar-refractivity contribution in [2.24, 2.45) is 16.3 Å². The van der Waals surface area contributed by atoms with Crippen molar-refractivity contribution < 1.29 is 0 Å². The third kappa shape index (κ3) is 5.88. The molecular weight excluding hydrogens is 450 g/mol. The lowest BCUT2D eigenvalue weighted by Crippen LogP contribution is -2.28. The summed E-state index contributed by atoms with van der Waals surface area (Å²) in [5.41, 5.74) is 8.13. The van der Waals surface area contributed by atoms with Crippen LogP contribution in [-0.4, -0.2) is 16.8 Å². The largest absolute Gasteiger partial charge is 0.313 e. The van der Waals surface area contributed by atoms with Gasteiger partial charge in [0.1, 0.15) is 0 Å². The fourth-order valence-electron chi connectivity index (χ4n) is 5.28. The minimum Gasteiger partial charge on any atom is -0.313 e. The van der Waals surface area contributed by atoms with E-state index in [0.717, 1.165) is 52.9 Å². The van der Waals surface area contributed by atoms with Crippen molar-refractivity contribution in [1.82, 2.24) is 4.57 Å². The van der Waals surface area contributed by atoms with E-state index in [4.69, 9.17) is 21.9 Å². The number of aryl methyl sites for hydroxylation is 1. The average Bonchev–Trinajstić information content (AvgIpc) is 3.10. The van der Waals surface area contributed by atoms with Crippen molar-refractivity contribution in [3.8, 4) is 11.8 Å². The minimum absolute atomic E-state index is 0.186. The van der Waals surface area contributed by atoms with E-state index in [-0.39, 0.29) is 5.41 Å². The van der Waals surface area contributed by atoms with Crippen LogP contribution in [0, 0.1) is 29.6 Å². The molecule has 3 nitrogen and oxygen atoms in total. The third-order valence-corrected chi connectivity index (χ3v) is 7.18. The molecular formula is C31H38ClN3. The van der Waals surface area contributed by atoms with Crippen LogP contribution >= 0.6 is 11.6 Å². The van der Waals surface area contributed by atoms with Crippen molar-refractivity contribution in [3.05, 3.63) is 70.9 Å². The predicted octanol–water partition coefficient (Wildman–Crippen LogP) is 8.99. The van der Waals surface area contributed by atoms with Gasteiger partial charge in [0.05, 0.1) is 18.1 Å². The highest BCUT2D eigenvalue weighted by molar-refractivity contribution is 6.30. The van der Waals surface area contributed by atoms with Gasteiger partial charge >= 0.3 is 0 Å². The molecule has 4 heteroatoms. The van der Waals surface area contributed by atoms with E-state index in [1.807, 2.05) is 24.3 Å². The van der Waals surface area contributed by atoms with E-state index in [0.29, 0.717) is 23.9 Å². The van der Waals surface area contributed by atoms with Crippen LogP contribution in [0.25, 0.3) is 22.2 Å². The molecule has 0 radical (unpaired) electrons. The quantitative estimate of drug-likeness (QED) is 0.277. The van der Waals surface area contributed by atoms with Gasteiger partial charge in [-0.1, -0.05) is 64.9 Å². The summed E-state index contributed by atoms with van der Waals surface area (Å²) >= 11 is 6.18. The van der Waals surface area contributed by atoms with Gasteiger partial charge in [-0.15, -0.1) is 0 Å². The molecule has 0 fully saturated rings. The number of hydrogen-bond acceptors (Lipinski definition) is 2. The summed E-state index contributed by atoms with van der Waals surface area (Å²) in [6, 6.07) is 16.7. The molecule has 0 saturated heterocycles. The molecule has 1 heterocycles. The molecule has 0 saturated carbocycles. The summed E-state index contributed by atoms with van der Waals surface area (Å²) in [6.45, 7) is 18.6. The Morgan fingerprint density at radius 1 is 1.14 bits per heavy atom. The number of halogens is 1. The highest BCUT2D eigenvalue weighted by Crippen LogP contribution is 2.35. The predicted molar refractivity (Wildman–Crippen MR) is 152 cm³/mol. The van der Waals surface area contributed by atoms with Crippen molar-refractivity contribution in [2.45, 2.75) is 67.2 Å². The van der Waals surface area contributed by atoms with Crippen molar-refractivity contribution >= 4 is 33.8 Å². The smallest absolute Gasteiger partial charge is 0.0640 e. The van der Waals surface area contributed by atoms with Gasteiger partial charge in [-0.25, -0.2) is 0 Å². The van der Waals surface area contributed by atoms with E-state index < -0.39 is 0 Å². The van der Waals surface area contributed by atoms with Gasteiger partial charge in [-0.05, 0) is 73.1 Å². The molecule has 1 atom stereocenters. The van der Waals surface area contributed by atoms with Gasteiger partial charge in [0.25, 0.3) is 0 Å². The van der Waals surface area contributed by atoms with Gasteiger partial charge in [0.2, 0.25) is 0 Å². The van der Waals surface area contributed by atoms with Crippen LogP contribution in [0.15, 0.2) is 54.0 Å². The molecule has 0 spiro atoms. The van der Waals surface area contributed by atoms with Crippen LogP contribution in [0.5, 0.6) is 0 Å². The van der Waals surface area contributed by atoms with Gasteiger partial charge in [-0.3, -0.25) is 4.99 Å². The highest BCUT2D eigenvalue weighted by atomic mass is 35.5. The van der Waals surface area contributed by atoms with Gasteiger partial charge in [0.15, 0.2) is 0 Å². The Kier molecular flexibility index (Phi) is 8.62. The Morgan fingerprint density at radius 3 is 2.40 bits per heavy atom. The van der Waals surface area contributed by atoms with E-state index in [1.165, 1.54) is 11.1 Å². The van der Waals surface area contributed by atoms with Crippen molar-refractivity contribution in [3.63, 3.8) is 0 Å². The summed E-state index contributed by atoms with van der Waals surface area (Å²) in [6.07, 6.45) is 3.29. The van der Waals surface area contributed by atoms with Crippen LogP contribution in [0.3, 0.4) is 0 Å². The maximum atomic E-state index is 9.06. The Hall–Kier alpha value is -2.83. The molecule has 0 aliphatic heterocycles. The first-order valence-corrected chi connectivity index (χ1v) is 13.0. The third-order valence-electron chi connectivity index (χ3n) is 6.92. The summed E-state index contributed by atoms with van der Waals surface area (Å²) in [5, 5.41) is 10.9. The van der Waals surface area contributed by atoms with Gasteiger partial charge in [0, 0.05) is 45.4 Å². The van der Waals surface area contributed by atoms with Crippen LogP contribution in [-0.2, 0) is 6.42 Å². The summed E-state index contributed by atoms with van der Waals surface area (Å²) < 4.78 is 2.27. The van der Waals surface area contributed by atoms with E-state index in [1.54, 1.807) is 0 Å². The fourth-order valence-corrected chi connectivity index (χ4v) is 5.40. The van der Waals surface area contributed by atoms with Crippen LogP contribution < -0.4 is 0 Å². The molecule has 3 rings (SSSR count). The molecule has 1 aromatic heterocycles. The van der Waals surface area contributed by atoms with Gasteiger partial charge in [-0.2, -0.15) is 5.26 Å². The fraction of sp³-hybridized carbons (Fsp3) is 0.419. The number of rotatable bonds is 9. The number of aliphatic imine (C=N–C) groups is 1. The second kappa shape index (κ2) is 11.3. The van der Waals surface area contributed by atoms with Crippen LogP contribution in [0.2, 0.25) is 5.02 Å². The van der Waals surface area contributed by atoms with E-state index >= 15 is 0 Å². The second-order valence-electron chi connectivity index (χ2n) is 10.4. The topological polar surface area (TPSA) is 41.1 Å². The zero-order chi connectivity index (χ0) is 25.8. The molecule has 1 unspecified atom stereocenters. The first-order chi connectivity index (χ1) is 16.6. The molecule has 184 valence electrons. The number of benzene rings is 2. The number of fused-ring (bicyclic) bond motifs is 1. The Morgan fingerprint density at radius 2 is 1.83 bits per heavy atom. The average molecular weight is 488 g/mol. The molecule has 0 aliphatic rings. The lowest BCUT2D eigenvalue weighted by Gasteiger charge is -2.31. The van der Waals surface area contributed by atoms with Crippen molar-refractivity contribution in [1.29, 1.82) is 5.26 Å². The molecule has 0 aliphatic carbocycles.